The van der Waals surface area contributed by atoms with Gasteiger partial charge < -0.3 is 14.9 Å². The number of hydrogen-bond donors (Lipinski definition) is 1. The van der Waals surface area contributed by atoms with Crippen molar-refractivity contribution >= 4 is 12.0 Å². The van der Waals surface area contributed by atoms with E-state index >= 15 is 0 Å². The minimum Gasteiger partial charge on any atom is -0.480 e. The van der Waals surface area contributed by atoms with E-state index in [9.17, 15) is 9.59 Å². The number of carboxylic acids is 1. The predicted molar refractivity (Wildman–Crippen MR) is 69.4 cm³/mol. The van der Waals surface area contributed by atoms with E-state index in [4.69, 9.17) is 5.11 Å². The minimum absolute atomic E-state index is 0.0925. The molecule has 104 valence electrons. The van der Waals surface area contributed by atoms with E-state index in [1.165, 1.54) is 4.90 Å². The molecule has 0 aromatic heterocycles. The topological polar surface area (TPSA) is 60.9 Å². The molecule has 1 aliphatic rings. The molecular formula is C13H24N2O3. The molecule has 0 saturated carbocycles. The summed E-state index contributed by atoms with van der Waals surface area (Å²) < 4.78 is 0. The van der Waals surface area contributed by atoms with Crippen molar-refractivity contribution in [2.24, 2.45) is 5.92 Å². The van der Waals surface area contributed by atoms with Crippen molar-refractivity contribution in [2.45, 2.75) is 52.6 Å². The third-order valence-electron chi connectivity index (χ3n) is 3.21. The van der Waals surface area contributed by atoms with E-state index < -0.39 is 12.0 Å². The summed E-state index contributed by atoms with van der Waals surface area (Å²) >= 11 is 0. The van der Waals surface area contributed by atoms with Gasteiger partial charge in [0.1, 0.15) is 6.04 Å². The van der Waals surface area contributed by atoms with Crippen molar-refractivity contribution < 1.29 is 14.7 Å². The second kappa shape index (κ2) is 6.07. The van der Waals surface area contributed by atoms with Gasteiger partial charge in [-0.3, -0.25) is 0 Å². The zero-order valence-electron chi connectivity index (χ0n) is 11.7. The molecule has 5 nitrogen and oxygen atoms in total. The highest BCUT2D eigenvalue weighted by Gasteiger charge is 2.36. The highest BCUT2D eigenvalue weighted by molar-refractivity contribution is 5.83. The molecule has 18 heavy (non-hydrogen) atoms. The summed E-state index contributed by atoms with van der Waals surface area (Å²) in [5.74, 6) is -0.517. The molecule has 1 rings (SSSR count). The van der Waals surface area contributed by atoms with Crippen LogP contribution in [0.3, 0.4) is 0 Å². The maximum atomic E-state index is 12.4. The van der Waals surface area contributed by atoms with Gasteiger partial charge in [0.15, 0.2) is 0 Å². The molecule has 1 heterocycles. The largest absolute Gasteiger partial charge is 0.480 e. The molecule has 0 radical (unpaired) electrons. The minimum atomic E-state index is -0.894. The van der Waals surface area contributed by atoms with E-state index in [1.54, 1.807) is 4.90 Å². The molecule has 1 atom stereocenters. The van der Waals surface area contributed by atoms with Crippen molar-refractivity contribution in [1.82, 2.24) is 9.80 Å². The van der Waals surface area contributed by atoms with Gasteiger partial charge in [-0.2, -0.15) is 0 Å². The average Bonchev–Trinajstić information content (AvgIpc) is 2.73. The second-order valence-electron chi connectivity index (χ2n) is 5.61. The summed E-state index contributed by atoms with van der Waals surface area (Å²) in [5.41, 5.74) is 0. The number of carbonyl (C=O) groups is 2. The summed E-state index contributed by atoms with van der Waals surface area (Å²) in [5, 5.41) is 9.12. The van der Waals surface area contributed by atoms with Crippen LogP contribution in [0, 0.1) is 5.92 Å². The molecule has 0 aliphatic carbocycles. The summed E-state index contributed by atoms with van der Waals surface area (Å²) in [6.45, 7) is 9.26. The Labute approximate surface area is 109 Å². The van der Waals surface area contributed by atoms with Crippen LogP contribution < -0.4 is 0 Å². The number of likely N-dealkylation sites (tertiary alicyclic amines) is 1. The molecule has 1 aliphatic heterocycles. The fourth-order valence-electron chi connectivity index (χ4n) is 2.32. The number of rotatable bonds is 4. The molecule has 0 aromatic carbocycles. The summed E-state index contributed by atoms with van der Waals surface area (Å²) in [6, 6.07) is -0.690. The molecule has 0 bridgehead atoms. The summed E-state index contributed by atoms with van der Waals surface area (Å²) in [4.78, 5) is 26.8. The molecular weight excluding hydrogens is 232 g/mol. The van der Waals surface area contributed by atoms with Crippen molar-refractivity contribution in [3.05, 3.63) is 0 Å². The zero-order chi connectivity index (χ0) is 13.9. The van der Waals surface area contributed by atoms with Gasteiger partial charge in [-0.15, -0.1) is 0 Å². The maximum Gasteiger partial charge on any atom is 0.326 e. The SMILES string of the molecule is CC(C)CN(C(=O)N1CCC[C@@H]1C(=O)O)C(C)C. The van der Waals surface area contributed by atoms with Crippen molar-refractivity contribution in [2.75, 3.05) is 13.1 Å². The fraction of sp³-hybridized carbons (Fsp3) is 0.846. The van der Waals surface area contributed by atoms with Crippen LogP contribution in [0.4, 0.5) is 4.79 Å². The quantitative estimate of drug-likeness (QED) is 0.837. The van der Waals surface area contributed by atoms with E-state index in [0.29, 0.717) is 25.4 Å². The van der Waals surface area contributed by atoms with Gasteiger partial charge in [0.2, 0.25) is 0 Å². The van der Waals surface area contributed by atoms with Crippen LogP contribution in [0.15, 0.2) is 0 Å². The van der Waals surface area contributed by atoms with Gasteiger partial charge in [-0.1, -0.05) is 13.8 Å². The van der Waals surface area contributed by atoms with Gasteiger partial charge in [0.25, 0.3) is 0 Å². The lowest BCUT2D eigenvalue weighted by atomic mass is 10.2. The van der Waals surface area contributed by atoms with E-state index in [2.05, 4.69) is 13.8 Å². The third-order valence-corrected chi connectivity index (χ3v) is 3.21. The summed E-state index contributed by atoms with van der Waals surface area (Å²) in [6.07, 6.45) is 1.34. The van der Waals surface area contributed by atoms with Crippen LogP contribution in [0.1, 0.15) is 40.5 Å². The molecule has 0 unspecified atom stereocenters. The Morgan fingerprint density at radius 1 is 1.33 bits per heavy atom. The predicted octanol–water partition coefficient (Wildman–Crippen LogP) is 2.02. The van der Waals surface area contributed by atoms with Gasteiger partial charge in [-0.05, 0) is 32.6 Å². The molecule has 1 N–H and O–H groups in total. The Morgan fingerprint density at radius 3 is 2.39 bits per heavy atom. The number of amides is 2. The van der Waals surface area contributed by atoms with Crippen LogP contribution in [-0.4, -0.2) is 52.1 Å². The van der Waals surface area contributed by atoms with Gasteiger partial charge in [0.05, 0.1) is 0 Å². The van der Waals surface area contributed by atoms with E-state index in [0.717, 1.165) is 6.42 Å². The van der Waals surface area contributed by atoms with Crippen LogP contribution in [0.2, 0.25) is 0 Å². The van der Waals surface area contributed by atoms with Gasteiger partial charge in [0, 0.05) is 19.1 Å². The second-order valence-corrected chi connectivity index (χ2v) is 5.61. The van der Waals surface area contributed by atoms with Crippen LogP contribution in [-0.2, 0) is 4.79 Å². The van der Waals surface area contributed by atoms with Crippen molar-refractivity contribution in [3.63, 3.8) is 0 Å². The molecule has 1 saturated heterocycles. The number of urea groups is 1. The number of hydrogen-bond acceptors (Lipinski definition) is 2. The Hall–Kier alpha value is -1.26. The zero-order valence-corrected chi connectivity index (χ0v) is 11.7. The van der Waals surface area contributed by atoms with E-state index in [-0.39, 0.29) is 12.1 Å². The number of nitrogens with zero attached hydrogens (tertiary/aromatic N) is 2. The van der Waals surface area contributed by atoms with E-state index in [1.807, 2.05) is 13.8 Å². The number of carboxylic acid groups (broad SMARTS) is 1. The Morgan fingerprint density at radius 2 is 1.94 bits per heavy atom. The standard InChI is InChI=1S/C13H24N2O3/c1-9(2)8-15(10(3)4)13(18)14-7-5-6-11(14)12(16)17/h9-11H,5-8H2,1-4H3,(H,16,17)/t11-/m1/s1. The first-order valence-corrected chi connectivity index (χ1v) is 6.64. The van der Waals surface area contributed by atoms with Crippen molar-refractivity contribution in [3.8, 4) is 0 Å². The molecule has 2 amide bonds. The Balaban J connectivity index is 2.79. The lowest BCUT2D eigenvalue weighted by molar-refractivity contribution is -0.141. The Bertz CT molecular complexity index is 315. The maximum absolute atomic E-state index is 12.4. The number of aliphatic carboxylic acids is 1. The molecule has 0 aromatic rings. The normalized spacial score (nSPS) is 19.7. The first-order chi connectivity index (χ1) is 8.34. The van der Waals surface area contributed by atoms with Gasteiger partial charge in [-0.25, -0.2) is 9.59 Å². The lowest BCUT2D eigenvalue weighted by Crippen LogP contribution is -2.51. The first-order valence-electron chi connectivity index (χ1n) is 6.64. The first kappa shape index (κ1) is 14.8. The van der Waals surface area contributed by atoms with Crippen LogP contribution in [0.25, 0.3) is 0 Å². The highest BCUT2D eigenvalue weighted by atomic mass is 16.4. The highest BCUT2D eigenvalue weighted by Crippen LogP contribution is 2.20. The van der Waals surface area contributed by atoms with Crippen molar-refractivity contribution in [1.29, 1.82) is 0 Å². The number of carbonyl (C=O) groups excluding carboxylic acids is 1. The average molecular weight is 256 g/mol. The lowest BCUT2D eigenvalue weighted by Gasteiger charge is -2.34. The van der Waals surface area contributed by atoms with Crippen LogP contribution >= 0.6 is 0 Å². The van der Waals surface area contributed by atoms with Gasteiger partial charge >= 0.3 is 12.0 Å². The molecule has 5 heteroatoms. The Kier molecular flexibility index (Phi) is 4.99. The third kappa shape index (κ3) is 3.37. The fourth-order valence-corrected chi connectivity index (χ4v) is 2.32. The monoisotopic (exact) mass is 256 g/mol. The molecule has 0 spiro atoms. The van der Waals surface area contributed by atoms with Crippen LogP contribution in [0.5, 0.6) is 0 Å². The molecule has 1 fully saturated rings. The smallest absolute Gasteiger partial charge is 0.326 e. The summed E-state index contributed by atoms with van der Waals surface area (Å²) in [7, 11) is 0.